The summed E-state index contributed by atoms with van der Waals surface area (Å²) in [4.78, 5) is 4.35. The van der Waals surface area contributed by atoms with Crippen molar-refractivity contribution in [1.82, 2.24) is 14.9 Å². The Bertz CT molecular complexity index is 324. The molecule has 1 aromatic heterocycles. The van der Waals surface area contributed by atoms with Gasteiger partial charge >= 0.3 is 0 Å². The van der Waals surface area contributed by atoms with Gasteiger partial charge in [0.1, 0.15) is 5.82 Å². The van der Waals surface area contributed by atoms with Gasteiger partial charge in [-0.1, -0.05) is 13.3 Å². The fraction of sp³-hybridized carbons (Fsp3) is 0.786. The summed E-state index contributed by atoms with van der Waals surface area (Å²) in [6.07, 6.45) is 11.8. The maximum atomic E-state index is 4.35. The fourth-order valence-corrected chi connectivity index (χ4v) is 2.80. The van der Waals surface area contributed by atoms with Gasteiger partial charge in [0, 0.05) is 38.4 Å². The molecule has 3 nitrogen and oxygen atoms in total. The quantitative estimate of drug-likeness (QED) is 0.850. The Morgan fingerprint density at radius 1 is 1.35 bits per heavy atom. The average Bonchev–Trinajstić information content (AvgIpc) is 2.76. The molecule has 0 atom stereocenters. The second kappa shape index (κ2) is 6.20. The van der Waals surface area contributed by atoms with Gasteiger partial charge in [0.15, 0.2) is 0 Å². The van der Waals surface area contributed by atoms with Gasteiger partial charge < -0.3 is 9.88 Å². The Labute approximate surface area is 105 Å². The first-order valence-electron chi connectivity index (χ1n) is 6.99. The lowest BCUT2D eigenvalue weighted by atomic mass is 9.84. The van der Waals surface area contributed by atoms with Crippen LogP contribution in [0, 0.1) is 5.92 Å². The highest BCUT2D eigenvalue weighted by molar-refractivity contribution is 4.92. The zero-order valence-electron chi connectivity index (χ0n) is 11.2. The smallest absolute Gasteiger partial charge is 0.109 e. The van der Waals surface area contributed by atoms with Crippen LogP contribution in [0.3, 0.4) is 0 Å². The van der Waals surface area contributed by atoms with Crippen LogP contribution in [0.4, 0.5) is 0 Å². The van der Waals surface area contributed by atoms with Crippen LogP contribution < -0.4 is 5.32 Å². The van der Waals surface area contributed by atoms with Gasteiger partial charge in [-0.05, 0) is 31.6 Å². The van der Waals surface area contributed by atoms with Crippen LogP contribution in [0.1, 0.15) is 44.9 Å². The summed E-state index contributed by atoms with van der Waals surface area (Å²) in [5, 5.41) is 3.68. The SMILES string of the molecule is CCC1CCC(NCCc2nccn2C)CC1. The highest BCUT2D eigenvalue weighted by atomic mass is 15.0. The molecule has 0 bridgehead atoms. The maximum Gasteiger partial charge on any atom is 0.109 e. The molecule has 0 amide bonds. The van der Waals surface area contributed by atoms with Crippen LogP contribution >= 0.6 is 0 Å². The van der Waals surface area contributed by atoms with Crippen molar-refractivity contribution in [3.8, 4) is 0 Å². The molecule has 0 radical (unpaired) electrons. The van der Waals surface area contributed by atoms with Gasteiger partial charge in [-0.25, -0.2) is 4.98 Å². The molecule has 0 saturated heterocycles. The molecule has 0 aromatic carbocycles. The monoisotopic (exact) mass is 235 g/mol. The first kappa shape index (κ1) is 12.6. The van der Waals surface area contributed by atoms with E-state index in [-0.39, 0.29) is 0 Å². The number of rotatable bonds is 5. The normalized spacial score (nSPS) is 25.1. The Balaban J connectivity index is 1.65. The van der Waals surface area contributed by atoms with Gasteiger partial charge in [-0.3, -0.25) is 0 Å². The number of hydrogen-bond acceptors (Lipinski definition) is 2. The minimum atomic E-state index is 0.748. The lowest BCUT2D eigenvalue weighted by Gasteiger charge is -2.28. The van der Waals surface area contributed by atoms with Crippen molar-refractivity contribution < 1.29 is 0 Å². The molecule has 96 valence electrons. The molecule has 0 unspecified atom stereocenters. The molecule has 3 heteroatoms. The summed E-state index contributed by atoms with van der Waals surface area (Å²) in [5.41, 5.74) is 0. The molecule has 17 heavy (non-hydrogen) atoms. The van der Waals surface area contributed by atoms with E-state index in [0.29, 0.717) is 0 Å². The van der Waals surface area contributed by atoms with Gasteiger partial charge in [-0.2, -0.15) is 0 Å². The lowest BCUT2D eigenvalue weighted by molar-refractivity contribution is 0.287. The summed E-state index contributed by atoms with van der Waals surface area (Å²) in [6, 6.07) is 0.748. The van der Waals surface area contributed by atoms with Gasteiger partial charge in [0.25, 0.3) is 0 Å². The molecular weight excluding hydrogens is 210 g/mol. The van der Waals surface area contributed by atoms with Crippen molar-refractivity contribution in [2.24, 2.45) is 13.0 Å². The van der Waals surface area contributed by atoms with E-state index in [0.717, 1.165) is 24.9 Å². The van der Waals surface area contributed by atoms with Crippen molar-refractivity contribution in [2.45, 2.75) is 51.5 Å². The molecule has 1 fully saturated rings. The van der Waals surface area contributed by atoms with Crippen LogP contribution in [-0.2, 0) is 13.5 Å². The molecule has 1 aliphatic carbocycles. The molecule has 2 rings (SSSR count). The van der Waals surface area contributed by atoms with Crippen molar-refractivity contribution >= 4 is 0 Å². The maximum absolute atomic E-state index is 4.35. The summed E-state index contributed by atoms with van der Waals surface area (Å²) in [7, 11) is 2.06. The van der Waals surface area contributed by atoms with Crippen LogP contribution in [0.15, 0.2) is 12.4 Å². The van der Waals surface area contributed by atoms with E-state index < -0.39 is 0 Å². The summed E-state index contributed by atoms with van der Waals surface area (Å²) in [5.74, 6) is 2.17. The van der Waals surface area contributed by atoms with Crippen molar-refractivity contribution in [3.63, 3.8) is 0 Å². The molecule has 0 aliphatic heterocycles. The molecule has 1 saturated carbocycles. The molecule has 1 heterocycles. The first-order chi connectivity index (χ1) is 8.29. The minimum absolute atomic E-state index is 0.748. The number of imidazole rings is 1. The van der Waals surface area contributed by atoms with E-state index >= 15 is 0 Å². The highest BCUT2D eigenvalue weighted by Crippen LogP contribution is 2.26. The second-order valence-corrected chi connectivity index (χ2v) is 5.28. The molecule has 1 aromatic rings. The highest BCUT2D eigenvalue weighted by Gasteiger charge is 2.19. The Hall–Kier alpha value is -0.830. The second-order valence-electron chi connectivity index (χ2n) is 5.28. The zero-order valence-corrected chi connectivity index (χ0v) is 11.2. The van der Waals surface area contributed by atoms with E-state index in [1.54, 1.807) is 0 Å². The van der Waals surface area contributed by atoms with Crippen molar-refractivity contribution in [2.75, 3.05) is 6.54 Å². The number of nitrogens with zero attached hydrogens (tertiary/aromatic N) is 2. The number of hydrogen-bond donors (Lipinski definition) is 1. The lowest BCUT2D eigenvalue weighted by Crippen LogP contribution is -2.34. The van der Waals surface area contributed by atoms with Gasteiger partial charge in [0.2, 0.25) is 0 Å². The Morgan fingerprint density at radius 3 is 2.71 bits per heavy atom. The van der Waals surface area contributed by atoms with Crippen molar-refractivity contribution in [1.29, 1.82) is 0 Å². The van der Waals surface area contributed by atoms with E-state index in [4.69, 9.17) is 0 Å². The van der Waals surface area contributed by atoms with E-state index in [1.807, 2.05) is 12.4 Å². The van der Waals surface area contributed by atoms with Gasteiger partial charge in [0.05, 0.1) is 0 Å². The average molecular weight is 235 g/mol. The standard InChI is InChI=1S/C14H25N3/c1-3-12-4-6-13(7-5-12)15-9-8-14-16-10-11-17(14)2/h10-13,15H,3-9H2,1-2H3. The van der Waals surface area contributed by atoms with Crippen molar-refractivity contribution in [3.05, 3.63) is 18.2 Å². The van der Waals surface area contributed by atoms with Crippen LogP contribution in [0.5, 0.6) is 0 Å². The first-order valence-corrected chi connectivity index (χ1v) is 6.99. The largest absolute Gasteiger partial charge is 0.338 e. The predicted octanol–water partition coefficient (Wildman–Crippen LogP) is 2.52. The van der Waals surface area contributed by atoms with E-state index in [9.17, 15) is 0 Å². The predicted molar refractivity (Wildman–Crippen MR) is 71.0 cm³/mol. The Morgan fingerprint density at radius 2 is 2.12 bits per heavy atom. The Kier molecular flexibility index (Phi) is 4.60. The molecule has 1 N–H and O–H groups in total. The van der Waals surface area contributed by atoms with Crippen LogP contribution in [0.2, 0.25) is 0 Å². The summed E-state index contributed by atoms with van der Waals surface area (Å²) >= 11 is 0. The van der Waals surface area contributed by atoms with Crippen LogP contribution in [-0.4, -0.2) is 22.1 Å². The van der Waals surface area contributed by atoms with E-state index in [1.165, 1.54) is 37.9 Å². The number of aryl methyl sites for hydroxylation is 1. The molecular formula is C14H25N3. The van der Waals surface area contributed by atoms with E-state index in [2.05, 4.69) is 28.8 Å². The minimum Gasteiger partial charge on any atom is -0.338 e. The third kappa shape index (κ3) is 3.56. The summed E-state index contributed by atoms with van der Waals surface area (Å²) in [6.45, 7) is 3.38. The fourth-order valence-electron chi connectivity index (χ4n) is 2.80. The molecule has 0 spiro atoms. The number of nitrogens with one attached hydrogen (secondary N) is 1. The number of aromatic nitrogens is 2. The van der Waals surface area contributed by atoms with Gasteiger partial charge in [-0.15, -0.1) is 0 Å². The zero-order chi connectivity index (χ0) is 12.1. The topological polar surface area (TPSA) is 29.9 Å². The third-order valence-electron chi connectivity index (χ3n) is 4.13. The summed E-state index contributed by atoms with van der Waals surface area (Å²) < 4.78 is 2.11. The van der Waals surface area contributed by atoms with Crippen LogP contribution in [0.25, 0.3) is 0 Å². The molecule has 1 aliphatic rings. The third-order valence-corrected chi connectivity index (χ3v) is 4.13.